The molecule has 5 N–H and O–H groups in total. The normalized spacial score (nSPS) is 30.7. The number of allylic oxidation sites excluding steroid dienone is 2. The largest absolute Gasteiger partial charge is 0.507 e. The number of methoxy groups -OCH3 is 1. The highest BCUT2D eigenvalue weighted by atomic mass is 16.7. The molecular formula is C58H77N5O11. The number of likely N-dealkylation sites (tertiary alicyclic amines) is 2. The summed E-state index contributed by atoms with van der Waals surface area (Å²) in [6.07, 6.45) is 7.92. The van der Waals surface area contributed by atoms with Gasteiger partial charge in [-0.25, -0.2) is 0 Å². The molecule has 16 nitrogen and oxygen atoms in total. The number of anilines is 1. The number of amides is 1. The fourth-order valence-corrected chi connectivity index (χ4v) is 11.7. The number of carbonyl (C=O) groups is 3. The van der Waals surface area contributed by atoms with Crippen molar-refractivity contribution in [2.24, 2.45) is 45.5 Å². The van der Waals surface area contributed by atoms with E-state index in [2.05, 4.69) is 53.2 Å². The average molecular weight is 1020 g/mol. The molecule has 3 aromatic rings. The van der Waals surface area contributed by atoms with Crippen molar-refractivity contribution in [2.75, 3.05) is 51.7 Å². The SMILES string of the molecule is CO[C@H]1/C=C/O[C@@]2(C)Oc3c(C)c(O)c4c(O)c(c5c(c4c3C2=O)=NC2(CCN(CC(C)C)CC2)N=5)NC(=O)/C(C)=C\C=C\[C@H](C)[C@H](O)[C@@H](C)[C@@H](O)[C@@H](C)[C@H](OC(=O)CN2CCC(Cc3ccccc3)CC2)[C@@H]1C. The molecule has 0 radical (unpaired) electrons. The number of rotatable bonds is 8. The van der Waals surface area contributed by atoms with Crippen LogP contribution in [0.5, 0.6) is 17.2 Å². The van der Waals surface area contributed by atoms with Crippen LogP contribution in [0.2, 0.25) is 0 Å². The number of ether oxygens (including phenoxy) is 4. The van der Waals surface area contributed by atoms with Crippen LogP contribution in [-0.2, 0) is 30.2 Å². The fourth-order valence-electron chi connectivity index (χ4n) is 11.7. The molecule has 2 fully saturated rings. The maximum Gasteiger partial charge on any atom is 0.320 e. The number of nitrogens with zero attached hydrogens (tertiary/aromatic N) is 4. The molecule has 0 unspecified atom stereocenters. The van der Waals surface area contributed by atoms with Crippen molar-refractivity contribution in [3.05, 3.63) is 93.9 Å². The van der Waals surface area contributed by atoms with E-state index in [1.165, 1.54) is 25.9 Å². The number of carbonyl (C=O) groups excluding carboxylic acids is 3. The number of nitrogens with one attached hydrogen (secondary N) is 1. The van der Waals surface area contributed by atoms with E-state index in [-0.39, 0.29) is 61.9 Å². The van der Waals surface area contributed by atoms with Crippen molar-refractivity contribution >= 4 is 34.1 Å². The smallest absolute Gasteiger partial charge is 0.320 e. The van der Waals surface area contributed by atoms with Gasteiger partial charge in [-0.05, 0) is 69.7 Å². The minimum atomic E-state index is -1.98. The Morgan fingerprint density at radius 1 is 0.878 bits per heavy atom. The van der Waals surface area contributed by atoms with E-state index < -0.39 is 82.9 Å². The van der Waals surface area contributed by atoms with Crippen molar-refractivity contribution in [3.63, 3.8) is 0 Å². The number of esters is 1. The van der Waals surface area contributed by atoms with Gasteiger partial charge in [0.1, 0.15) is 28.6 Å². The zero-order chi connectivity index (χ0) is 53.4. The second kappa shape index (κ2) is 22.3. The molecule has 0 saturated carbocycles. The molecular weight excluding hydrogens is 943 g/mol. The summed E-state index contributed by atoms with van der Waals surface area (Å²) >= 11 is 0. The molecule has 74 heavy (non-hydrogen) atoms. The van der Waals surface area contributed by atoms with Crippen LogP contribution in [0.15, 0.2) is 76.5 Å². The third-order valence-corrected chi connectivity index (χ3v) is 16.3. The highest BCUT2D eigenvalue weighted by molar-refractivity contribution is 6.19. The van der Waals surface area contributed by atoms with Gasteiger partial charge in [0.15, 0.2) is 11.4 Å². The number of aromatic hydroxyl groups is 2. The highest BCUT2D eigenvalue weighted by Gasteiger charge is 2.50. The van der Waals surface area contributed by atoms with Gasteiger partial charge >= 0.3 is 11.8 Å². The number of piperidine rings is 2. The Kier molecular flexibility index (Phi) is 16.4. The number of fused-ring (bicyclic) bond motifs is 13. The lowest BCUT2D eigenvalue weighted by Crippen LogP contribution is -2.48. The maximum absolute atomic E-state index is 15.0. The van der Waals surface area contributed by atoms with Crippen LogP contribution < -0.4 is 20.8 Å². The Balaban J connectivity index is 1.15. The number of phenols is 2. The first-order valence-electron chi connectivity index (χ1n) is 26.5. The van der Waals surface area contributed by atoms with Crippen LogP contribution >= 0.6 is 0 Å². The zero-order valence-corrected chi connectivity index (χ0v) is 44.8. The molecule has 400 valence electrons. The maximum atomic E-state index is 15.0. The van der Waals surface area contributed by atoms with Crippen LogP contribution in [0.25, 0.3) is 10.8 Å². The molecule has 1 spiro atoms. The van der Waals surface area contributed by atoms with Gasteiger partial charge in [0.2, 0.25) is 0 Å². The first kappa shape index (κ1) is 54.6. The molecule has 16 heteroatoms. The quantitative estimate of drug-likeness (QED) is 0.118. The molecule has 9 rings (SSSR count). The summed E-state index contributed by atoms with van der Waals surface area (Å²) in [4.78, 5) is 57.9. The molecule has 5 bridgehead atoms. The van der Waals surface area contributed by atoms with Gasteiger partial charge in [0, 0.05) is 86.7 Å². The van der Waals surface area contributed by atoms with E-state index in [1.807, 2.05) is 19.9 Å². The van der Waals surface area contributed by atoms with Gasteiger partial charge in [-0.3, -0.25) is 29.3 Å². The average Bonchev–Trinajstić information content (AvgIpc) is 3.88. The number of aliphatic hydroxyl groups excluding tert-OH is 2. The summed E-state index contributed by atoms with van der Waals surface area (Å²) in [5.41, 5.74) is 0.724. The lowest BCUT2D eigenvalue weighted by molar-refractivity contribution is -0.164. The van der Waals surface area contributed by atoms with Crippen molar-refractivity contribution in [3.8, 4) is 17.2 Å². The first-order chi connectivity index (χ1) is 35.2. The van der Waals surface area contributed by atoms with Crippen LogP contribution in [-0.4, -0.2) is 130 Å². The molecule has 6 heterocycles. The zero-order valence-electron chi connectivity index (χ0n) is 44.8. The molecule has 0 aromatic heterocycles. The third kappa shape index (κ3) is 11.0. The monoisotopic (exact) mass is 1020 g/mol. The Morgan fingerprint density at radius 3 is 2.22 bits per heavy atom. The van der Waals surface area contributed by atoms with Crippen molar-refractivity contribution in [2.45, 2.75) is 130 Å². The first-order valence-corrected chi connectivity index (χ1v) is 26.5. The van der Waals surface area contributed by atoms with Gasteiger partial charge in [0.05, 0.1) is 47.4 Å². The molecule has 9 atom stereocenters. The fraction of sp³-hybridized carbons (Fsp3) is 0.569. The van der Waals surface area contributed by atoms with Crippen LogP contribution in [0.1, 0.15) is 103 Å². The lowest BCUT2D eigenvalue weighted by Gasteiger charge is -2.38. The van der Waals surface area contributed by atoms with E-state index in [0.29, 0.717) is 37.8 Å². The summed E-state index contributed by atoms with van der Waals surface area (Å²) < 4.78 is 25.0. The second-order valence-electron chi connectivity index (χ2n) is 22.2. The predicted molar refractivity (Wildman–Crippen MR) is 281 cm³/mol. The molecule has 6 aliphatic rings. The van der Waals surface area contributed by atoms with Crippen molar-refractivity contribution in [1.29, 1.82) is 0 Å². The number of aliphatic hydroxyl groups is 2. The number of benzene rings is 3. The Labute approximate surface area is 434 Å². The van der Waals surface area contributed by atoms with Gasteiger partial charge in [-0.2, -0.15) is 0 Å². The van der Waals surface area contributed by atoms with Gasteiger partial charge < -0.3 is 49.6 Å². The Hall–Kier alpha value is -5.65. The van der Waals surface area contributed by atoms with E-state index in [4.69, 9.17) is 28.9 Å². The number of phenolic OH excluding ortho intramolecular Hbond substituents is 2. The van der Waals surface area contributed by atoms with Crippen molar-refractivity contribution < 1.29 is 53.8 Å². The summed E-state index contributed by atoms with van der Waals surface area (Å²) in [6.45, 7) is 20.0. The molecule has 1 amide bonds. The van der Waals surface area contributed by atoms with E-state index in [1.54, 1.807) is 52.0 Å². The molecule has 0 aliphatic carbocycles. The van der Waals surface area contributed by atoms with Crippen LogP contribution in [0, 0.1) is 42.4 Å². The summed E-state index contributed by atoms with van der Waals surface area (Å²) in [6, 6.07) is 10.4. The number of Topliss-reactive ketones (excluding diaryl/α,β-unsaturated/α-hetero) is 1. The van der Waals surface area contributed by atoms with Crippen LogP contribution in [0.4, 0.5) is 5.69 Å². The minimum absolute atomic E-state index is 0.0387. The molecule has 2 saturated heterocycles. The van der Waals surface area contributed by atoms with E-state index >= 15 is 0 Å². The van der Waals surface area contributed by atoms with Gasteiger partial charge in [-0.15, -0.1) is 0 Å². The number of hydrogen-bond acceptors (Lipinski definition) is 15. The third-order valence-electron chi connectivity index (χ3n) is 16.3. The van der Waals surface area contributed by atoms with Crippen LogP contribution in [0.3, 0.4) is 0 Å². The van der Waals surface area contributed by atoms with Crippen molar-refractivity contribution in [1.82, 2.24) is 9.80 Å². The highest BCUT2D eigenvalue weighted by Crippen LogP contribution is 2.50. The summed E-state index contributed by atoms with van der Waals surface area (Å²) in [5, 5.41) is 51.3. The Bertz CT molecular complexity index is 2810. The second-order valence-corrected chi connectivity index (χ2v) is 22.2. The topological polar surface area (TPSA) is 212 Å². The number of ketones is 1. The lowest BCUT2D eigenvalue weighted by atomic mass is 9.78. The number of hydrogen-bond donors (Lipinski definition) is 5. The Morgan fingerprint density at radius 2 is 1.55 bits per heavy atom. The molecule has 3 aromatic carbocycles. The van der Waals surface area contributed by atoms with E-state index in [0.717, 1.165) is 38.9 Å². The predicted octanol–water partition coefficient (Wildman–Crippen LogP) is 6.68. The minimum Gasteiger partial charge on any atom is -0.507 e. The molecule has 6 aliphatic heterocycles. The van der Waals surface area contributed by atoms with Gasteiger partial charge in [0.25, 0.3) is 11.7 Å². The standard InChI is InChI=1S/C58H77N5O11/c1-32(2)30-63-26-22-58(23-27-63)60-46-43-44-51(67)38(8)54-45(43)55(69)57(9,74-54)72-28-21-41(71-10)35(5)53(73-42(64)31-62-24-19-40(20-25-62)29-39-17-12-11-13-18-39)37(7)50(66)36(6)49(65)33(3)15-14-16-34(4)56(70)59-48(52(44)68)47(46)61-58/h11-18,21,28,32-33,35-37,40-41,49-50,53,65-68H,19-20,22-27,29-31H2,1-10H3,(H,59,70)/b15-14+,28-21+,34-16-/t33-,35+,36+,37+,41-,49-,50+,53+,57-/m0/s1. The summed E-state index contributed by atoms with van der Waals surface area (Å²) in [5.74, 6) is -5.95. The summed E-state index contributed by atoms with van der Waals surface area (Å²) in [7, 11) is 1.50. The van der Waals surface area contributed by atoms with E-state index in [9.17, 15) is 34.8 Å². The van der Waals surface area contributed by atoms with Gasteiger partial charge in [-0.1, -0.05) is 90.1 Å².